The Kier molecular flexibility index (Phi) is 8.57. The summed E-state index contributed by atoms with van der Waals surface area (Å²) in [6, 6.07) is 14.8. The molecule has 3 aromatic rings. The van der Waals surface area contributed by atoms with Crippen molar-refractivity contribution in [2.75, 3.05) is 41.8 Å². The molecule has 1 aromatic heterocycles. The molecular weight excluding hydrogens is 518 g/mol. The SMILES string of the molecule is CC(C)(C)OC(=O)NCCOc1ccc(C(=O)O)cc1Nc1cnc2c(c1)OCCN2C(=O)Nc1ccccc1. The fraction of sp³-hybridized carbons (Fsp3) is 0.286. The number of nitrogens with zero attached hydrogens (tertiary/aromatic N) is 2. The van der Waals surface area contributed by atoms with Crippen molar-refractivity contribution in [3.05, 3.63) is 66.4 Å². The van der Waals surface area contributed by atoms with Crippen LogP contribution in [0.5, 0.6) is 11.5 Å². The molecule has 12 heteroatoms. The van der Waals surface area contributed by atoms with E-state index in [2.05, 4.69) is 20.9 Å². The number of alkyl carbamates (subject to hydrolysis) is 1. The largest absolute Gasteiger partial charge is 0.490 e. The van der Waals surface area contributed by atoms with Crippen molar-refractivity contribution in [1.29, 1.82) is 0 Å². The first-order valence-corrected chi connectivity index (χ1v) is 12.6. The molecular formula is C28H31N5O7. The van der Waals surface area contributed by atoms with E-state index in [-0.39, 0.29) is 31.4 Å². The Morgan fingerprint density at radius 3 is 2.58 bits per heavy atom. The van der Waals surface area contributed by atoms with Crippen LogP contribution in [0.2, 0.25) is 0 Å². The number of carboxylic acid groups (broad SMARTS) is 1. The van der Waals surface area contributed by atoms with Gasteiger partial charge in [-0.1, -0.05) is 18.2 Å². The van der Waals surface area contributed by atoms with Gasteiger partial charge in [0, 0.05) is 11.8 Å². The molecule has 0 fully saturated rings. The number of carbonyl (C=O) groups is 3. The topological polar surface area (TPSA) is 151 Å². The second-order valence-corrected chi connectivity index (χ2v) is 9.76. The number of carbonyl (C=O) groups excluding carboxylic acids is 2. The molecule has 0 atom stereocenters. The number of nitrogens with one attached hydrogen (secondary N) is 3. The van der Waals surface area contributed by atoms with Crippen molar-refractivity contribution in [1.82, 2.24) is 10.3 Å². The van der Waals surface area contributed by atoms with Crippen LogP contribution in [0.1, 0.15) is 31.1 Å². The standard InChI is InChI=1S/C28H31N5O7/c1-28(2,3)40-27(37)29-11-13-38-22-10-9-18(25(34)35)15-21(22)31-20-16-23-24(30-17-20)33(12-14-39-23)26(36)32-19-7-5-4-6-8-19/h4-10,15-17,31H,11-14H2,1-3H3,(H,29,37)(H,32,36)(H,34,35). The zero-order valence-corrected chi connectivity index (χ0v) is 22.4. The molecule has 12 nitrogen and oxygen atoms in total. The first-order valence-electron chi connectivity index (χ1n) is 12.6. The van der Waals surface area contributed by atoms with Gasteiger partial charge in [-0.15, -0.1) is 0 Å². The van der Waals surface area contributed by atoms with E-state index < -0.39 is 17.7 Å². The average Bonchev–Trinajstić information content (AvgIpc) is 2.90. The number of benzene rings is 2. The minimum Gasteiger partial charge on any atom is -0.490 e. The molecule has 4 N–H and O–H groups in total. The van der Waals surface area contributed by atoms with Gasteiger partial charge >= 0.3 is 18.1 Å². The normalized spacial score (nSPS) is 12.4. The van der Waals surface area contributed by atoms with Gasteiger partial charge in [0.15, 0.2) is 11.6 Å². The summed E-state index contributed by atoms with van der Waals surface area (Å²) in [7, 11) is 0. The fourth-order valence-corrected chi connectivity index (χ4v) is 3.75. The summed E-state index contributed by atoms with van der Waals surface area (Å²) in [4.78, 5) is 42.2. The quantitative estimate of drug-likeness (QED) is 0.289. The van der Waals surface area contributed by atoms with Crippen LogP contribution in [0.3, 0.4) is 0 Å². The third kappa shape index (κ3) is 7.53. The Labute approximate surface area is 231 Å². The molecule has 40 heavy (non-hydrogen) atoms. The Balaban J connectivity index is 1.46. The van der Waals surface area contributed by atoms with Crippen LogP contribution >= 0.6 is 0 Å². The molecule has 2 heterocycles. The maximum atomic E-state index is 12.9. The Morgan fingerprint density at radius 1 is 1.07 bits per heavy atom. The molecule has 0 aliphatic carbocycles. The van der Waals surface area contributed by atoms with Crippen molar-refractivity contribution in [3.63, 3.8) is 0 Å². The molecule has 0 radical (unpaired) electrons. The fourth-order valence-electron chi connectivity index (χ4n) is 3.75. The molecule has 0 saturated carbocycles. The predicted octanol–water partition coefficient (Wildman–Crippen LogP) is 4.86. The molecule has 4 rings (SSSR count). The number of ether oxygens (including phenoxy) is 3. The third-order valence-corrected chi connectivity index (χ3v) is 5.46. The summed E-state index contributed by atoms with van der Waals surface area (Å²) >= 11 is 0. The number of aromatic carboxylic acids is 1. The number of urea groups is 1. The number of fused-ring (bicyclic) bond motifs is 1. The van der Waals surface area contributed by atoms with Gasteiger partial charge in [0.2, 0.25) is 0 Å². The van der Waals surface area contributed by atoms with Crippen LogP contribution in [0, 0.1) is 0 Å². The predicted molar refractivity (Wildman–Crippen MR) is 149 cm³/mol. The number of anilines is 4. The van der Waals surface area contributed by atoms with E-state index in [9.17, 15) is 19.5 Å². The Morgan fingerprint density at radius 2 is 1.85 bits per heavy atom. The minimum atomic E-state index is -1.10. The van der Waals surface area contributed by atoms with Gasteiger partial charge in [-0.25, -0.2) is 19.4 Å². The number of amides is 3. The monoisotopic (exact) mass is 549 g/mol. The van der Waals surface area contributed by atoms with E-state index in [4.69, 9.17) is 14.2 Å². The van der Waals surface area contributed by atoms with Crippen molar-refractivity contribution in [3.8, 4) is 11.5 Å². The second-order valence-electron chi connectivity index (χ2n) is 9.76. The van der Waals surface area contributed by atoms with Gasteiger partial charge in [0.05, 0.1) is 36.2 Å². The van der Waals surface area contributed by atoms with Gasteiger partial charge in [0.1, 0.15) is 24.6 Å². The lowest BCUT2D eigenvalue weighted by molar-refractivity contribution is 0.0519. The van der Waals surface area contributed by atoms with Crippen LogP contribution in [-0.4, -0.2) is 60.1 Å². The smallest absolute Gasteiger partial charge is 0.407 e. The number of para-hydroxylation sites is 1. The van der Waals surface area contributed by atoms with E-state index in [0.717, 1.165) is 0 Å². The van der Waals surface area contributed by atoms with Gasteiger partial charge in [-0.3, -0.25) is 4.90 Å². The molecule has 1 aliphatic rings. The van der Waals surface area contributed by atoms with Crippen LogP contribution < -0.4 is 30.3 Å². The zero-order valence-electron chi connectivity index (χ0n) is 22.4. The summed E-state index contributed by atoms with van der Waals surface area (Å²) < 4.78 is 16.8. The number of aromatic nitrogens is 1. The van der Waals surface area contributed by atoms with Gasteiger partial charge in [0.25, 0.3) is 0 Å². The number of carboxylic acids is 1. The van der Waals surface area contributed by atoms with Crippen LogP contribution in [0.25, 0.3) is 0 Å². The van der Waals surface area contributed by atoms with Crippen molar-refractivity contribution >= 4 is 41.0 Å². The van der Waals surface area contributed by atoms with Crippen molar-refractivity contribution < 1.29 is 33.7 Å². The number of pyridine rings is 1. The highest BCUT2D eigenvalue weighted by Crippen LogP contribution is 2.35. The van der Waals surface area contributed by atoms with E-state index in [1.807, 2.05) is 18.2 Å². The summed E-state index contributed by atoms with van der Waals surface area (Å²) in [5.74, 6) is -0.00116. The van der Waals surface area contributed by atoms with Crippen LogP contribution in [-0.2, 0) is 4.74 Å². The van der Waals surface area contributed by atoms with Gasteiger partial charge in [-0.05, 0) is 51.1 Å². The summed E-state index contributed by atoms with van der Waals surface area (Å²) in [6.07, 6.45) is 0.944. The number of hydrogen-bond donors (Lipinski definition) is 4. The van der Waals surface area contributed by atoms with Gasteiger partial charge in [-0.2, -0.15) is 0 Å². The molecule has 0 bridgehead atoms. The number of rotatable bonds is 8. The highest BCUT2D eigenvalue weighted by Gasteiger charge is 2.26. The molecule has 0 saturated heterocycles. The maximum absolute atomic E-state index is 12.9. The lowest BCUT2D eigenvalue weighted by Gasteiger charge is -2.28. The molecule has 0 spiro atoms. The Hall–Kier alpha value is -5.00. The molecule has 2 aromatic carbocycles. The second kappa shape index (κ2) is 12.2. The third-order valence-electron chi connectivity index (χ3n) is 5.46. The van der Waals surface area contributed by atoms with E-state index in [1.54, 1.807) is 39.0 Å². The average molecular weight is 550 g/mol. The highest BCUT2D eigenvalue weighted by atomic mass is 16.6. The summed E-state index contributed by atoms with van der Waals surface area (Å²) in [5.41, 5.74) is 0.944. The van der Waals surface area contributed by atoms with Crippen LogP contribution in [0.15, 0.2) is 60.8 Å². The summed E-state index contributed by atoms with van der Waals surface area (Å²) in [6.45, 7) is 6.17. The van der Waals surface area contributed by atoms with E-state index in [0.29, 0.717) is 40.9 Å². The maximum Gasteiger partial charge on any atom is 0.407 e. The minimum absolute atomic E-state index is 0.0488. The van der Waals surface area contributed by atoms with Gasteiger partial charge < -0.3 is 35.3 Å². The lowest BCUT2D eigenvalue weighted by Crippen LogP contribution is -2.41. The van der Waals surface area contributed by atoms with Crippen molar-refractivity contribution in [2.45, 2.75) is 26.4 Å². The van der Waals surface area contributed by atoms with Crippen molar-refractivity contribution in [2.24, 2.45) is 0 Å². The van der Waals surface area contributed by atoms with Crippen LogP contribution in [0.4, 0.5) is 32.5 Å². The molecule has 210 valence electrons. The zero-order chi connectivity index (χ0) is 28.7. The van der Waals surface area contributed by atoms with E-state index >= 15 is 0 Å². The number of hydrogen-bond acceptors (Lipinski definition) is 8. The molecule has 1 aliphatic heterocycles. The summed E-state index contributed by atoms with van der Waals surface area (Å²) in [5, 5.41) is 18.0. The first kappa shape index (κ1) is 28.0. The highest BCUT2D eigenvalue weighted by molar-refractivity contribution is 6.02. The first-order chi connectivity index (χ1) is 19.1. The Bertz CT molecular complexity index is 1380. The molecule has 3 amide bonds. The van der Waals surface area contributed by atoms with E-state index in [1.165, 1.54) is 29.3 Å². The molecule has 0 unspecified atom stereocenters. The lowest BCUT2D eigenvalue weighted by atomic mass is 10.2.